The summed E-state index contributed by atoms with van der Waals surface area (Å²) in [5.74, 6) is 0.382. The molecule has 0 aromatic heterocycles. The van der Waals surface area contributed by atoms with Crippen molar-refractivity contribution in [2.75, 3.05) is 11.9 Å². The van der Waals surface area contributed by atoms with Crippen molar-refractivity contribution in [3.8, 4) is 11.8 Å². The van der Waals surface area contributed by atoms with Gasteiger partial charge in [-0.15, -0.1) is 0 Å². The van der Waals surface area contributed by atoms with Crippen molar-refractivity contribution in [2.24, 2.45) is 0 Å². The van der Waals surface area contributed by atoms with Gasteiger partial charge >= 0.3 is 0 Å². The first-order valence-corrected chi connectivity index (χ1v) is 6.76. The van der Waals surface area contributed by atoms with E-state index in [2.05, 4.69) is 21.2 Å². The van der Waals surface area contributed by atoms with Crippen LogP contribution in [0.3, 0.4) is 0 Å². The van der Waals surface area contributed by atoms with Crippen LogP contribution in [0.5, 0.6) is 5.75 Å². The van der Waals surface area contributed by atoms with Gasteiger partial charge in [-0.3, -0.25) is 0 Å². The van der Waals surface area contributed by atoms with Crippen LogP contribution in [0, 0.1) is 17.1 Å². The van der Waals surface area contributed by atoms with Gasteiger partial charge in [0.05, 0.1) is 0 Å². The summed E-state index contributed by atoms with van der Waals surface area (Å²) in [7, 11) is 0. The molecule has 0 atom stereocenters. The molecule has 2 aromatic rings. The molecule has 0 heterocycles. The Morgan fingerprint density at radius 2 is 1.95 bits per heavy atom. The van der Waals surface area contributed by atoms with Crippen LogP contribution in [0.1, 0.15) is 5.56 Å². The summed E-state index contributed by atoms with van der Waals surface area (Å²) in [6.07, 6.45) is 0. The third kappa shape index (κ3) is 3.97. The molecule has 1 N–H and O–H groups in total. The summed E-state index contributed by atoms with van der Waals surface area (Å²) >= 11 is 3.22. The van der Waals surface area contributed by atoms with Gasteiger partial charge in [0.25, 0.3) is 0 Å². The summed E-state index contributed by atoms with van der Waals surface area (Å²) in [4.78, 5) is 0. The maximum Gasteiger partial charge on any atom is 0.174 e. The van der Waals surface area contributed by atoms with Gasteiger partial charge in [0.2, 0.25) is 0 Å². The number of nitrogens with zero attached hydrogens (tertiary/aromatic N) is 1. The Morgan fingerprint density at radius 1 is 1.20 bits per heavy atom. The van der Waals surface area contributed by atoms with Crippen molar-refractivity contribution < 1.29 is 9.13 Å². The molecule has 102 valence electrons. The lowest BCUT2D eigenvalue weighted by Crippen LogP contribution is -2.02. The van der Waals surface area contributed by atoms with Crippen LogP contribution in [0.25, 0.3) is 0 Å². The Morgan fingerprint density at radius 3 is 2.60 bits per heavy atom. The highest BCUT2D eigenvalue weighted by Gasteiger charge is 2.02. The van der Waals surface area contributed by atoms with Crippen LogP contribution in [0.15, 0.2) is 46.9 Å². The fourth-order valence-corrected chi connectivity index (χ4v) is 1.98. The van der Waals surface area contributed by atoms with Crippen LogP contribution in [-0.4, -0.2) is 6.61 Å². The Bertz CT molecular complexity index is 623. The second-order valence-electron chi connectivity index (χ2n) is 4.06. The van der Waals surface area contributed by atoms with Crippen molar-refractivity contribution in [1.29, 1.82) is 5.26 Å². The molecule has 0 unspecified atom stereocenters. The first-order chi connectivity index (χ1) is 9.69. The molecule has 0 saturated carbocycles. The number of nitrogens with one attached hydrogen (secondary N) is 1. The number of benzene rings is 2. The number of hydrogen-bond donors (Lipinski definition) is 1. The van der Waals surface area contributed by atoms with Crippen LogP contribution in [0.4, 0.5) is 10.1 Å². The monoisotopic (exact) mass is 334 g/mol. The molecule has 0 aliphatic heterocycles. The zero-order valence-electron chi connectivity index (χ0n) is 10.6. The molecule has 0 aliphatic rings. The quantitative estimate of drug-likeness (QED) is 0.895. The lowest BCUT2D eigenvalue weighted by molar-refractivity contribution is 0.368. The number of ether oxygens (including phenoxy) is 1. The van der Waals surface area contributed by atoms with Gasteiger partial charge in [0, 0.05) is 22.3 Å². The normalized spacial score (nSPS) is 9.85. The average Bonchev–Trinajstić information content (AvgIpc) is 2.45. The summed E-state index contributed by atoms with van der Waals surface area (Å²) < 4.78 is 19.5. The van der Waals surface area contributed by atoms with Crippen molar-refractivity contribution >= 4 is 21.6 Å². The Hall–Kier alpha value is -2.06. The molecule has 0 saturated heterocycles. The second-order valence-corrected chi connectivity index (χ2v) is 4.98. The Balaban J connectivity index is 1.95. The van der Waals surface area contributed by atoms with Crippen molar-refractivity contribution in [3.05, 3.63) is 58.3 Å². The topological polar surface area (TPSA) is 45.0 Å². The molecule has 5 heteroatoms. The van der Waals surface area contributed by atoms with E-state index in [0.29, 0.717) is 17.9 Å². The highest BCUT2D eigenvalue weighted by molar-refractivity contribution is 9.10. The Labute approximate surface area is 125 Å². The van der Waals surface area contributed by atoms with E-state index in [1.54, 1.807) is 24.3 Å². The molecular formula is C15H12BrFN2O. The molecule has 0 radical (unpaired) electrons. The van der Waals surface area contributed by atoms with E-state index >= 15 is 0 Å². The summed E-state index contributed by atoms with van der Waals surface area (Å²) in [5.41, 5.74) is 1.45. The summed E-state index contributed by atoms with van der Waals surface area (Å²) in [6, 6.07) is 14.1. The molecule has 2 aromatic carbocycles. The number of anilines is 1. The molecular weight excluding hydrogens is 323 g/mol. The predicted octanol–water partition coefficient (Wildman–Crippen LogP) is 4.10. The molecule has 0 amide bonds. The molecule has 0 aliphatic carbocycles. The zero-order chi connectivity index (χ0) is 14.4. The molecule has 0 bridgehead atoms. The Kier molecular flexibility index (Phi) is 4.97. The average molecular weight is 335 g/mol. The van der Waals surface area contributed by atoms with Gasteiger partial charge < -0.3 is 10.1 Å². The molecule has 0 fully saturated rings. The predicted molar refractivity (Wildman–Crippen MR) is 79.0 cm³/mol. The van der Waals surface area contributed by atoms with Crippen molar-refractivity contribution in [1.82, 2.24) is 0 Å². The van der Waals surface area contributed by atoms with E-state index in [4.69, 9.17) is 10.00 Å². The molecule has 3 nitrogen and oxygen atoms in total. The number of halogens is 2. The number of nitriles is 1. The minimum Gasteiger partial charge on any atom is -0.479 e. The van der Waals surface area contributed by atoms with Crippen molar-refractivity contribution in [3.63, 3.8) is 0 Å². The van der Waals surface area contributed by atoms with Gasteiger partial charge in [-0.05, 0) is 36.4 Å². The largest absolute Gasteiger partial charge is 0.479 e. The van der Waals surface area contributed by atoms with Gasteiger partial charge in [-0.1, -0.05) is 22.0 Å². The van der Waals surface area contributed by atoms with Gasteiger partial charge in [0.1, 0.15) is 17.6 Å². The SMILES string of the molecule is N#CCOc1ccc(NCc2ccc(Br)cc2F)cc1. The van der Waals surface area contributed by atoms with E-state index in [1.807, 2.05) is 18.2 Å². The van der Waals surface area contributed by atoms with E-state index in [9.17, 15) is 4.39 Å². The highest BCUT2D eigenvalue weighted by Crippen LogP contribution is 2.19. The van der Waals surface area contributed by atoms with Gasteiger partial charge in [-0.25, -0.2) is 4.39 Å². The molecule has 0 spiro atoms. The fraction of sp³-hybridized carbons (Fsp3) is 0.133. The first kappa shape index (κ1) is 14.4. The molecule has 2 rings (SSSR count). The fourth-order valence-electron chi connectivity index (χ4n) is 1.65. The molecule has 20 heavy (non-hydrogen) atoms. The van der Waals surface area contributed by atoms with Crippen LogP contribution in [0.2, 0.25) is 0 Å². The van der Waals surface area contributed by atoms with E-state index in [-0.39, 0.29) is 12.4 Å². The van der Waals surface area contributed by atoms with Crippen LogP contribution in [-0.2, 0) is 6.54 Å². The number of hydrogen-bond acceptors (Lipinski definition) is 3. The third-order valence-corrected chi connectivity index (χ3v) is 3.15. The van der Waals surface area contributed by atoms with E-state index in [1.165, 1.54) is 6.07 Å². The van der Waals surface area contributed by atoms with Crippen LogP contribution < -0.4 is 10.1 Å². The lowest BCUT2D eigenvalue weighted by Gasteiger charge is -2.08. The van der Waals surface area contributed by atoms with E-state index < -0.39 is 0 Å². The van der Waals surface area contributed by atoms with E-state index in [0.717, 1.165) is 10.2 Å². The lowest BCUT2D eigenvalue weighted by atomic mass is 10.2. The van der Waals surface area contributed by atoms with Gasteiger partial charge in [-0.2, -0.15) is 5.26 Å². The second kappa shape index (κ2) is 6.92. The summed E-state index contributed by atoms with van der Waals surface area (Å²) in [6.45, 7) is 0.425. The maximum atomic E-state index is 13.6. The van der Waals surface area contributed by atoms with Crippen molar-refractivity contribution in [2.45, 2.75) is 6.54 Å². The maximum absolute atomic E-state index is 13.6. The first-order valence-electron chi connectivity index (χ1n) is 5.96. The van der Waals surface area contributed by atoms with Crippen LogP contribution >= 0.6 is 15.9 Å². The zero-order valence-corrected chi connectivity index (χ0v) is 12.2. The third-order valence-electron chi connectivity index (χ3n) is 2.66. The van der Waals surface area contributed by atoms with Gasteiger partial charge in [0.15, 0.2) is 6.61 Å². The number of rotatable bonds is 5. The smallest absolute Gasteiger partial charge is 0.174 e. The minimum atomic E-state index is -0.249. The highest BCUT2D eigenvalue weighted by atomic mass is 79.9. The summed E-state index contributed by atoms with van der Waals surface area (Å²) in [5, 5.41) is 11.5. The standard InChI is InChI=1S/C15H12BrFN2O/c16-12-2-1-11(15(17)9-12)10-19-13-3-5-14(6-4-13)20-8-7-18/h1-6,9,19H,8,10H2. The minimum absolute atomic E-state index is 0.0247.